The maximum Gasteiger partial charge on any atom is 0.344 e. The van der Waals surface area contributed by atoms with E-state index in [4.69, 9.17) is 9.47 Å². The third kappa shape index (κ3) is 4.38. The monoisotopic (exact) mass is 339 g/mol. The smallest absolute Gasteiger partial charge is 0.344 e. The van der Waals surface area contributed by atoms with Gasteiger partial charge >= 0.3 is 5.97 Å². The lowest BCUT2D eigenvalue weighted by atomic mass is 9.99. The van der Waals surface area contributed by atoms with Crippen molar-refractivity contribution in [3.63, 3.8) is 0 Å². The number of fused-ring (bicyclic) bond motifs is 1. The van der Waals surface area contributed by atoms with Crippen LogP contribution in [0.25, 0.3) is 0 Å². The van der Waals surface area contributed by atoms with E-state index in [1.165, 1.54) is 5.56 Å². The van der Waals surface area contributed by atoms with Gasteiger partial charge in [-0.15, -0.1) is 0 Å². The van der Waals surface area contributed by atoms with Crippen LogP contribution in [0.3, 0.4) is 0 Å². The molecule has 5 heteroatoms. The van der Waals surface area contributed by atoms with E-state index in [2.05, 4.69) is 6.07 Å². The maximum absolute atomic E-state index is 12.5. The highest BCUT2D eigenvalue weighted by molar-refractivity contribution is 5.84. The number of esters is 1. The highest BCUT2D eigenvalue weighted by Crippen LogP contribution is 2.19. The summed E-state index contributed by atoms with van der Waals surface area (Å²) in [6, 6.07) is 17.1. The maximum atomic E-state index is 12.5. The van der Waals surface area contributed by atoms with Crippen molar-refractivity contribution >= 4 is 11.9 Å². The van der Waals surface area contributed by atoms with Crippen molar-refractivity contribution < 1.29 is 19.1 Å². The molecule has 0 saturated heterocycles. The normalized spacial score (nSPS) is 14.4. The molecular weight excluding hydrogens is 318 g/mol. The molecule has 25 heavy (non-hydrogen) atoms. The number of benzene rings is 2. The van der Waals surface area contributed by atoms with Crippen LogP contribution < -0.4 is 4.74 Å². The van der Waals surface area contributed by atoms with Crippen LogP contribution in [0.4, 0.5) is 0 Å². The fourth-order valence-electron chi connectivity index (χ4n) is 2.88. The summed E-state index contributed by atoms with van der Waals surface area (Å²) in [5, 5.41) is 0. The van der Waals surface area contributed by atoms with E-state index in [1.807, 2.05) is 36.4 Å². The molecule has 1 aliphatic heterocycles. The second-order valence-corrected chi connectivity index (χ2v) is 6.01. The first-order chi connectivity index (χ1) is 12.1. The van der Waals surface area contributed by atoms with Crippen LogP contribution in [0.5, 0.6) is 5.75 Å². The van der Waals surface area contributed by atoms with Crippen molar-refractivity contribution in [1.29, 1.82) is 0 Å². The fourth-order valence-corrected chi connectivity index (χ4v) is 2.88. The zero-order valence-corrected chi connectivity index (χ0v) is 14.2. The quantitative estimate of drug-likeness (QED) is 0.786. The van der Waals surface area contributed by atoms with Crippen LogP contribution in [0.15, 0.2) is 54.6 Å². The van der Waals surface area contributed by atoms with Crippen molar-refractivity contribution in [2.45, 2.75) is 26.0 Å². The lowest BCUT2D eigenvalue weighted by Crippen LogP contribution is -2.43. The molecule has 0 saturated carbocycles. The minimum Gasteiger partial charge on any atom is -0.482 e. The Morgan fingerprint density at radius 2 is 1.72 bits per heavy atom. The van der Waals surface area contributed by atoms with E-state index in [0.717, 1.165) is 12.0 Å². The Bertz CT molecular complexity index is 744. The first kappa shape index (κ1) is 17.0. The molecule has 3 rings (SSSR count). The van der Waals surface area contributed by atoms with E-state index in [1.54, 1.807) is 24.0 Å². The Hall–Kier alpha value is -2.82. The molecule has 1 amide bonds. The second-order valence-electron chi connectivity index (χ2n) is 6.01. The van der Waals surface area contributed by atoms with Gasteiger partial charge in [-0.2, -0.15) is 0 Å². The third-order valence-corrected chi connectivity index (χ3v) is 4.20. The SMILES string of the molecule is C[C@@H](OC(=O)COc1ccccc1)C(=O)N1CCc2ccccc2C1. The summed E-state index contributed by atoms with van der Waals surface area (Å²) in [5.41, 5.74) is 2.42. The largest absolute Gasteiger partial charge is 0.482 e. The Labute approximate surface area is 147 Å². The van der Waals surface area contributed by atoms with Crippen LogP contribution >= 0.6 is 0 Å². The van der Waals surface area contributed by atoms with Gasteiger partial charge in [0.15, 0.2) is 12.7 Å². The number of nitrogens with zero attached hydrogens (tertiary/aromatic N) is 1. The number of carbonyl (C=O) groups is 2. The average molecular weight is 339 g/mol. The highest BCUT2D eigenvalue weighted by Gasteiger charge is 2.26. The molecule has 0 unspecified atom stereocenters. The summed E-state index contributed by atoms with van der Waals surface area (Å²) in [4.78, 5) is 26.2. The molecule has 0 fully saturated rings. The van der Waals surface area contributed by atoms with Gasteiger partial charge in [0.05, 0.1) is 0 Å². The second kappa shape index (κ2) is 7.83. The zero-order valence-electron chi connectivity index (χ0n) is 14.2. The molecule has 2 aromatic carbocycles. The van der Waals surface area contributed by atoms with Gasteiger partial charge in [-0.1, -0.05) is 42.5 Å². The molecule has 1 heterocycles. The molecule has 1 atom stereocenters. The summed E-state index contributed by atoms with van der Waals surface area (Å²) < 4.78 is 10.6. The van der Waals surface area contributed by atoms with E-state index in [0.29, 0.717) is 18.8 Å². The van der Waals surface area contributed by atoms with Crippen LogP contribution in [-0.2, 0) is 27.3 Å². The molecule has 0 aromatic heterocycles. The Kier molecular flexibility index (Phi) is 5.33. The van der Waals surface area contributed by atoms with E-state index in [-0.39, 0.29) is 12.5 Å². The van der Waals surface area contributed by atoms with Crippen molar-refractivity contribution in [2.75, 3.05) is 13.2 Å². The van der Waals surface area contributed by atoms with Crippen LogP contribution in [-0.4, -0.2) is 36.0 Å². The minimum absolute atomic E-state index is 0.178. The molecule has 2 aromatic rings. The van der Waals surface area contributed by atoms with E-state index < -0.39 is 12.1 Å². The summed E-state index contributed by atoms with van der Waals surface area (Å²) in [6.07, 6.45) is -0.00295. The number of carbonyl (C=O) groups excluding carboxylic acids is 2. The molecule has 0 aliphatic carbocycles. The molecule has 5 nitrogen and oxygen atoms in total. The van der Waals surface area contributed by atoms with Gasteiger partial charge in [-0.05, 0) is 36.6 Å². The molecule has 0 radical (unpaired) electrons. The zero-order chi connectivity index (χ0) is 17.6. The molecule has 0 bridgehead atoms. The predicted molar refractivity (Wildman–Crippen MR) is 93.1 cm³/mol. The highest BCUT2D eigenvalue weighted by atomic mass is 16.6. The van der Waals surface area contributed by atoms with Gasteiger partial charge < -0.3 is 14.4 Å². The number of ether oxygens (including phenoxy) is 2. The molecule has 1 aliphatic rings. The first-order valence-corrected chi connectivity index (χ1v) is 8.36. The summed E-state index contributed by atoms with van der Waals surface area (Å²) in [6.45, 7) is 2.57. The van der Waals surface area contributed by atoms with Gasteiger partial charge in [0.1, 0.15) is 5.75 Å². The number of hydrogen-bond acceptors (Lipinski definition) is 4. The lowest BCUT2D eigenvalue weighted by Gasteiger charge is -2.30. The van der Waals surface area contributed by atoms with E-state index in [9.17, 15) is 9.59 Å². The van der Waals surface area contributed by atoms with E-state index >= 15 is 0 Å². The standard InChI is InChI=1S/C20H21NO4/c1-15(25-19(22)14-24-18-9-3-2-4-10-18)20(23)21-12-11-16-7-5-6-8-17(16)13-21/h2-10,15H,11-14H2,1H3/t15-/m1/s1. The van der Waals surface area contributed by atoms with Crippen LogP contribution in [0.2, 0.25) is 0 Å². The Balaban J connectivity index is 1.50. The van der Waals surface area contributed by atoms with Gasteiger partial charge in [-0.25, -0.2) is 4.79 Å². The van der Waals surface area contributed by atoms with Gasteiger partial charge in [-0.3, -0.25) is 4.79 Å². The van der Waals surface area contributed by atoms with Gasteiger partial charge in [0, 0.05) is 13.1 Å². The topological polar surface area (TPSA) is 55.8 Å². The number of amides is 1. The molecule has 0 N–H and O–H groups in total. The third-order valence-electron chi connectivity index (χ3n) is 4.20. The summed E-state index contributed by atoms with van der Waals surface area (Å²) in [7, 11) is 0. The molecular formula is C20H21NO4. The number of para-hydroxylation sites is 1. The predicted octanol–water partition coefficient (Wildman–Crippen LogP) is 2.58. The molecule has 130 valence electrons. The average Bonchev–Trinajstić information content (AvgIpc) is 2.66. The van der Waals surface area contributed by atoms with Crippen molar-refractivity contribution in [3.8, 4) is 5.75 Å². The number of rotatable bonds is 5. The van der Waals surface area contributed by atoms with Crippen molar-refractivity contribution in [1.82, 2.24) is 4.90 Å². The van der Waals surface area contributed by atoms with Crippen LogP contribution in [0, 0.1) is 0 Å². The minimum atomic E-state index is -0.822. The van der Waals surface area contributed by atoms with Crippen molar-refractivity contribution in [3.05, 3.63) is 65.7 Å². The van der Waals surface area contributed by atoms with Gasteiger partial charge in [0.25, 0.3) is 5.91 Å². The first-order valence-electron chi connectivity index (χ1n) is 8.36. The summed E-state index contributed by atoms with van der Waals surface area (Å²) >= 11 is 0. The fraction of sp³-hybridized carbons (Fsp3) is 0.300. The number of hydrogen-bond donors (Lipinski definition) is 0. The lowest BCUT2D eigenvalue weighted by molar-refractivity contribution is -0.161. The molecule has 0 spiro atoms. The van der Waals surface area contributed by atoms with Crippen molar-refractivity contribution in [2.24, 2.45) is 0 Å². The van der Waals surface area contributed by atoms with Crippen LogP contribution in [0.1, 0.15) is 18.1 Å². The Morgan fingerprint density at radius 1 is 1.04 bits per heavy atom. The Morgan fingerprint density at radius 3 is 2.48 bits per heavy atom. The summed E-state index contributed by atoms with van der Waals surface area (Å²) in [5.74, 6) is -0.143. The van der Waals surface area contributed by atoms with Gasteiger partial charge in [0.2, 0.25) is 0 Å².